The topological polar surface area (TPSA) is 62.6 Å². The van der Waals surface area contributed by atoms with Gasteiger partial charge in [-0.15, -0.1) is 0 Å². The molecule has 0 unspecified atom stereocenters. The molecule has 0 saturated heterocycles. The Hall–Kier alpha value is -3.41. The minimum atomic E-state index is -0.703. The molecule has 0 radical (unpaired) electrons. The molecular formula is C23H23FN2O3. The van der Waals surface area contributed by atoms with Crippen molar-refractivity contribution in [2.24, 2.45) is 0 Å². The number of furan rings is 1. The van der Waals surface area contributed by atoms with E-state index in [0.717, 1.165) is 11.1 Å². The van der Waals surface area contributed by atoms with Gasteiger partial charge < -0.3 is 14.6 Å². The number of halogens is 1. The first kappa shape index (κ1) is 20.3. The van der Waals surface area contributed by atoms with Crippen LogP contribution in [0.2, 0.25) is 0 Å². The van der Waals surface area contributed by atoms with Gasteiger partial charge in [0, 0.05) is 6.54 Å². The van der Waals surface area contributed by atoms with Gasteiger partial charge in [0.15, 0.2) is 0 Å². The molecule has 3 rings (SSSR count). The molecule has 0 aliphatic rings. The molecule has 0 bridgehead atoms. The van der Waals surface area contributed by atoms with Crippen LogP contribution in [-0.2, 0) is 29.1 Å². The van der Waals surface area contributed by atoms with Gasteiger partial charge in [0.05, 0.1) is 19.2 Å². The highest BCUT2D eigenvalue weighted by Gasteiger charge is 2.26. The summed E-state index contributed by atoms with van der Waals surface area (Å²) < 4.78 is 18.5. The molecule has 0 fully saturated rings. The lowest BCUT2D eigenvalue weighted by atomic mass is 10.1. The van der Waals surface area contributed by atoms with Crippen LogP contribution in [0, 0.1) is 5.82 Å². The van der Waals surface area contributed by atoms with Crippen LogP contribution in [0.3, 0.4) is 0 Å². The van der Waals surface area contributed by atoms with Crippen molar-refractivity contribution >= 4 is 11.8 Å². The fraction of sp³-hybridized carbons (Fsp3) is 0.217. The van der Waals surface area contributed by atoms with Crippen LogP contribution in [0.4, 0.5) is 4.39 Å². The van der Waals surface area contributed by atoms with E-state index in [1.807, 2.05) is 30.3 Å². The summed E-state index contributed by atoms with van der Waals surface area (Å²) in [5.41, 5.74) is 1.61. The zero-order valence-corrected chi connectivity index (χ0v) is 16.2. The van der Waals surface area contributed by atoms with Crippen molar-refractivity contribution < 1.29 is 18.4 Å². The van der Waals surface area contributed by atoms with Gasteiger partial charge in [-0.1, -0.05) is 42.5 Å². The average molecular weight is 394 g/mol. The largest absolute Gasteiger partial charge is 0.467 e. The van der Waals surface area contributed by atoms with E-state index < -0.39 is 6.04 Å². The second kappa shape index (κ2) is 9.68. The third-order valence-corrected chi connectivity index (χ3v) is 4.65. The molecule has 2 amide bonds. The normalized spacial score (nSPS) is 11.7. The maximum atomic E-state index is 13.2. The molecule has 0 aliphatic carbocycles. The minimum Gasteiger partial charge on any atom is -0.467 e. The Kier molecular flexibility index (Phi) is 6.79. The number of nitrogens with zero attached hydrogens (tertiary/aromatic N) is 1. The van der Waals surface area contributed by atoms with Gasteiger partial charge >= 0.3 is 0 Å². The Labute approximate surface area is 169 Å². The summed E-state index contributed by atoms with van der Waals surface area (Å²) in [6.45, 7) is 2.14. The number of amides is 2. The van der Waals surface area contributed by atoms with E-state index in [-0.39, 0.29) is 37.1 Å². The van der Waals surface area contributed by atoms with E-state index in [2.05, 4.69) is 5.32 Å². The smallest absolute Gasteiger partial charge is 0.242 e. The Bertz CT molecular complexity index is 925. The first-order chi connectivity index (χ1) is 14.0. The predicted molar refractivity (Wildman–Crippen MR) is 107 cm³/mol. The third kappa shape index (κ3) is 5.78. The zero-order valence-electron chi connectivity index (χ0n) is 16.2. The lowest BCUT2D eigenvalue weighted by molar-refractivity contribution is -0.140. The Balaban J connectivity index is 1.73. The maximum Gasteiger partial charge on any atom is 0.242 e. The lowest BCUT2D eigenvalue weighted by Crippen LogP contribution is -2.47. The fourth-order valence-corrected chi connectivity index (χ4v) is 2.98. The highest BCUT2D eigenvalue weighted by atomic mass is 19.1. The molecule has 0 spiro atoms. The van der Waals surface area contributed by atoms with Crippen LogP contribution >= 0.6 is 0 Å². The number of hydrogen-bond donors (Lipinski definition) is 1. The Morgan fingerprint density at radius 3 is 2.38 bits per heavy atom. The molecule has 5 nitrogen and oxygen atoms in total. The van der Waals surface area contributed by atoms with Gasteiger partial charge in [0.1, 0.15) is 17.6 Å². The third-order valence-electron chi connectivity index (χ3n) is 4.65. The summed E-state index contributed by atoms with van der Waals surface area (Å²) in [5.74, 6) is -0.183. The second-order valence-corrected chi connectivity index (χ2v) is 6.78. The van der Waals surface area contributed by atoms with Crippen molar-refractivity contribution in [3.8, 4) is 0 Å². The molecule has 3 aromatic rings. The predicted octanol–water partition coefficient (Wildman–Crippen LogP) is 3.69. The number of benzene rings is 2. The molecule has 1 N–H and O–H groups in total. The van der Waals surface area contributed by atoms with Crippen LogP contribution in [0.1, 0.15) is 23.8 Å². The summed E-state index contributed by atoms with van der Waals surface area (Å²) >= 11 is 0. The fourth-order valence-electron chi connectivity index (χ4n) is 2.98. The highest BCUT2D eigenvalue weighted by Crippen LogP contribution is 2.13. The van der Waals surface area contributed by atoms with Crippen LogP contribution in [0.25, 0.3) is 0 Å². The number of rotatable bonds is 8. The lowest BCUT2D eigenvalue weighted by Gasteiger charge is -2.29. The summed E-state index contributed by atoms with van der Waals surface area (Å²) in [6.07, 6.45) is 1.72. The Morgan fingerprint density at radius 1 is 1.00 bits per heavy atom. The van der Waals surface area contributed by atoms with Crippen LogP contribution in [0.15, 0.2) is 77.4 Å². The van der Waals surface area contributed by atoms with E-state index in [9.17, 15) is 14.0 Å². The summed E-state index contributed by atoms with van der Waals surface area (Å²) in [5, 5.41) is 2.79. The van der Waals surface area contributed by atoms with E-state index in [4.69, 9.17) is 4.42 Å². The zero-order chi connectivity index (χ0) is 20.6. The van der Waals surface area contributed by atoms with Crippen molar-refractivity contribution in [2.75, 3.05) is 0 Å². The molecule has 150 valence electrons. The molecule has 0 aliphatic heterocycles. The van der Waals surface area contributed by atoms with Gasteiger partial charge in [0.2, 0.25) is 11.8 Å². The second-order valence-electron chi connectivity index (χ2n) is 6.78. The standard InChI is InChI=1S/C23H23FN2O3/c1-17(23(28)25-15-21-8-5-13-29-21)26(16-19-9-11-20(24)12-10-19)22(27)14-18-6-3-2-4-7-18/h2-13,17H,14-16H2,1H3,(H,25,28)/t17-/m0/s1. The van der Waals surface area contributed by atoms with Gasteiger partial charge in [-0.3, -0.25) is 9.59 Å². The average Bonchev–Trinajstić information content (AvgIpc) is 3.25. The SMILES string of the molecule is C[C@@H](C(=O)NCc1ccco1)N(Cc1ccc(F)cc1)C(=O)Cc1ccccc1. The molecule has 2 aromatic carbocycles. The van der Waals surface area contributed by atoms with Crippen molar-refractivity contribution in [2.45, 2.75) is 32.5 Å². The van der Waals surface area contributed by atoms with Crippen LogP contribution < -0.4 is 5.32 Å². The van der Waals surface area contributed by atoms with Gasteiger partial charge in [-0.05, 0) is 42.3 Å². The first-order valence-corrected chi connectivity index (χ1v) is 9.41. The first-order valence-electron chi connectivity index (χ1n) is 9.41. The number of carbonyl (C=O) groups excluding carboxylic acids is 2. The van der Waals surface area contributed by atoms with Gasteiger partial charge in [0.25, 0.3) is 0 Å². The molecule has 1 atom stereocenters. The van der Waals surface area contributed by atoms with Crippen molar-refractivity contribution in [3.63, 3.8) is 0 Å². The molecule has 6 heteroatoms. The quantitative estimate of drug-likeness (QED) is 0.634. The van der Waals surface area contributed by atoms with Crippen molar-refractivity contribution in [1.82, 2.24) is 10.2 Å². The van der Waals surface area contributed by atoms with E-state index in [0.29, 0.717) is 5.76 Å². The summed E-state index contributed by atoms with van der Waals surface area (Å²) in [4.78, 5) is 27.2. The molecule has 1 heterocycles. The molecule has 29 heavy (non-hydrogen) atoms. The van der Waals surface area contributed by atoms with E-state index >= 15 is 0 Å². The molecule has 1 aromatic heterocycles. The number of carbonyl (C=O) groups is 2. The number of nitrogens with one attached hydrogen (secondary N) is 1. The van der Waals surface area contributed by atoms with E-state index in [1.165, 1.54) is 23.3 Å². The summed E-state index contributed by atoms with van der Waals surface area (Å²) in [7, 11) is 0. The highest BCUT2D eigenvalue weighted by molar-refractivity contribution is 5.88. The minimum absolute atomic E-state index is 0.178. The number of hydrogen-bond acceptors (Lipinski definition) is 3. The monoisotopic (exact) mass is 394 g/mol. The van der Waals surface area contributed by atoms with Crippen LogP contribution in [-0.4, -0.2) is 22.8 Å². The van der Waals surface area contributed by atoms with Gasteiger partial charge in [-0.2, -0.15) is 0 Å². The van der Waals surface area contributed by atoms with Crippen molar-refractivity contribution in [3.05, 3.63) is 95.7 Å². The van der Waals surface area contributed by atoms with Crippen molar-refractivity contribution in [1.29, 1.82) is 0 Å². The molecular weight excluding hydrogens is 371 g/mol. The van der Waals surface area contributed by atoms with Crippen LogP contribution in [0.5, 0.6) is 0 Å². The summed E-state index contributed by atoms with van der Waals surface area (Å²) in [6, 6.07) is 18.1. The van der Waals surface area contributed by atoms with Gasteiger partial charge in [-0.25, -0.2) is 4.39 Å². The Morgan fingerprint density at radius 2 is 1.72 bits per heavy atom. The maximum absolute atomic E-state index is 13.2. The molecule has 0 saturated carbocycles. The van der Waals surface area contributed by atoms with E-state index in [1.54, 1.807) is 31.2 Å².